The Hall–Kier alpha value is -1.98. The third-order valence-corrected chi connectivity index (χ3v) is 5.60. The highest BCUT2D eigenvalue weighted by atomic mass is 28.4. The molecule has 0 radical (unpaired) electrons. The van der Waals surface area contributed by atoms with Crippen LogP contribution in [-0.2, 0) is 13.3 Å². The quantitative estimate of drug-likeness (QED) is 0.621. The zero-order valence-corrected chi connectivity index (χ0v) is 15.2. The number of benzene rings is 2. The Kier molecular flexibility index (Phi) is 7.65. The van der Waals surface area contributed by atoms with Gasteiger partial charge in [-0.3, -0.25) is 0 Å². The summed E-state index contributed by atoms with van der Waals surface area (Å²) in [5, 5.41) is 0. The first-order chi connectivity index (χ1) is 11.7. The SMILES string of the molecule is CO[Si](C)(OCC=Cc1ccccc1)OCC=Cc1ccccc1. The van der Waals surface area contributed by atoms with Gasteiger partial charge in [0.15, 0.2) is 0 Å². The standard InChI is InChI=1S/C20H24O3Si/c1-21-24(2,22-17-9-15-19-11-5-3-6-12-19)23-18-10-16-20-13-7-4-8-14-20/h3-16H,17-18H2,1-2H3. The largest absolute Gasteiger partial charge is 0.497 e. The topological polar surface area (TPSA) is 27.7 Å². The van der Waals surface area contributed by atoms with Crippen LogP contribution in [0.5, 0.6) is 0 Å². The van der Waals surface area contributed by atoms with Crippen molar-refractivity contribution < 1.29 is 13.3 Å². The van der Waals surface area contributed by atoms with Gasteiger partial charge in [0.05, 0.1) is 13.2 Å². The van der Waals surface area contributed by atoms with E-state index in [-0.39, 0.29) is 0 Å². The minimum absolute atomic E-state index is 0.466. The molecule has 126 valence electrons. The van der Waals surface area contributed by atoms with Crippen LogP contribution in [0.2, 0.25) is 6.55 Å². The molecule has 0 aliphatic carbocycles. The lowest BCUT2D eigenvalue weighted by molar-refractivity contribution is 0.105. The fourth-order valence-electron chi connectivity index (χ4n) is 2.06. The van der Waals surface area contributed by atoms with E-state index in [1.807, 2.05) is 91.5 Å². The molecule has 0 aromatic heterocycles. The molecule has 2 aromatic rings. The summed E-state index contributed by atoms with van der Waals surface area (Å²) in [5.74, 6) is 0. The van der Waals surface area contributed by atoms with Crippen LogP contribution in [0, 0.1) is 0 Å². The molecule has 0 bridgehead atoms. The Morgan fingerprint density at radius 2 is 1.17 bits per heavy atom. The molecule has 0 aliphatic rings. The van der Waals surface area contributed by atoms with E-state index >= 15 is 0 Å². The van der Waals surface area contributed by atoms with Gasteiger partial charge in [0.2, 0.25) is 0 Å². The van der Waals surface area contributed by atoms with Crippen LogP contribution >= 0.6 is 0 Å². The maximum Gasteiger partial charge on any atom is 0.497 e. The van der Waals surface area contributed by atoms with Gasteiger partial charge in [-0.25, -0.2) is 0 Å². The molecule has 0 N–H and O–H groups in total. The Labute approximate surface area is 145 Å². The van der Waals surface area contributed by atoms with E-state index < -0.39 is 8.80 Å². The maximum absolute atomic E-state index is 5.83. The van der Waals surface area contributed by atoms with Crippen LogP contribution in [-0.4, -0.2) is 29.1 Å². The minimum Gasteiger partial charge on any atom is -0.377 e. The predicted molar refractivity (Wildman–Crippen MR) is 101 cm³/mol. The van der Waals surface area contributed by atoms with E-state index in [0.29, 0.717) is 13.2 Å². The summed E-state index contributed by atoms with van der Waals surface area (Å²) in [6.45, 7) is 2.83. The molecular formula is C20H24O3Si. The highest BCUT2D eigenvalue weighted by Gasteiger charge is 2.32. The van der Waals surface area contributed by atoms with Gasteiger partial charge in [0, 0.05) is 13.7 Å². The van der Waals surface area contributed by atoms with Crippen molar-refractivity contribution in [3.05, 3.63) is 83.9 Å². The molecular weight excluding hydrogens is 316 g/mol. The highest BCUT2D eigenvalue weighted by molar-refractivity contribution is 6.59. The molecule has 0 fully saturated rings. The molecule has 2 rings (SSSR count). The van der Waals surface area contributed by atoms with Gasteiger partial charge in [-0.1, -0.05) is 85.0 Å². The summed E-state index contributed by atoms with van der Waals surface area (Å²) in [7, 11) is -0.969. The van der Waals surface area contributed by atoms with Crippen molar-refractivity contribution >= 4 is 21.0 Å². The van der Waals surface area contributed by atoms with Gasteiger partial charge < -0.3 is 13.3 Å². The Bertz CT molecular complexity index is 585. The second kappa shape index (κ2) is 10.0. The second-order valence-corrected chi connectivity index (χ2v) is 8.02. The first-order valence-electron chi connectivity index (χ1n) is 7.98. The van der Waals surface area contributed by atoms with Crippen molar-refractivity contribution in [3.63, 3.8) is 0 Å². The van der Waals surface area contributed by atoms with Gasteiger partial charge in [-0.15, -0.1) is 0 Å². The van der Waals surface area contributed by atoms with Gasteiger partial charge in [-0.05, 0) is 11.1 Å². The smallest absolute Gasteiger partial charge is 0.377 e. The first-order valence-corrected chi connectivity index (χ1v) is 10.2. The van der Waals surface area contributed by atoms with Crippen LogP contribution in [0.4, 0.5) is 0 Å². The molecule has 0 heterocycles. The normalized spacial score (nSPS) is 14.2. The number of hydrogen-bond donors (Lipinski definition) is 0. The summed E-state index contributed by atoms with van der Waals surface area (Å²) in [6, 6.07) is 20.2. The van der Waals surface area contributed by atoms with Gasteiger partial charge in [0.1, 0.15) is 0 Å². The predicted octanol–water partition coefficient (Wildman–Crippen LogP) is 4.66. The van der Waals surface area contributed by atoms with Crippen LogP contribution < -0.4 is 0 Å². The van der Waals surface area contributed by atoms with Crippen LogP contribution in [0.3, 0.4) is 0 Å². The molecule has 0 atom stereocenters. The van der Waals surface area contributed by atoms with Gasteiger partial charge >= 0.3 is 8.80 Å². The Morgan fingerprint density at radius 1 is 0.750 bits per heavy atom. The molecule has 0 spiro atoms. The fraction of sp³-hybridized carbons (Fsp3) is 0.200. The zero-order chi connectivity index (χ0) is 17.1. The molecule has 2 aromatic carbocycles. The summed E-state index contributed by atoms with van der Waals surface area (Å²) in [4.78, 5) is 0. The second-order valence-electron chi connectivity index (χ2n) is 5.31. The first kappa shape index (κ1) is 18.4. The van der Waals surface area contributed by atoms with E-state index in [0.717, 1.165) is 11.1 Å². The van der Waals surface area contributed by atoms with Gasteiger partial charge in [-0.2, -0.15) is 0 Å². The molecule has 0 unspecified atom stereocenters. The van der Waals surface area contributed by atoms with E-state index in [4.69, 9.17) is 13.3 Å². The van der Waals surface area contributed by atoms with Gasteiger partial charge in [0.25, 0.3) is 0 Å². The van der Waals surface area contributed by atoms with Crippen molar-refractivity contribution in [1.82, 2.24) is 0 Å². The van der Waals surface area contributed by atoms with Crippen molar-refractivity contribution in [3.8, 4) is 0 Å². The van der Waals surface area contributed by atoms with E-state index in [9.17, 15) is 0 Å². The minimum atomic E-state index is -2.60. The van der Waals surface area contributed by atoms with Crippen LogP contribution in [0.1, 0.15) is 11.1 Å². The lowest BCUT2D eigenvalue weighted by Crippen LogP contribution is -2.41. The third kappa shape index (κ3) is 6.64. The average Bonchev–Trinajstić information content (AvgIpc) is 2.64. The summed E-state index contributed by atoms with van der Waals surface area (Å²) < 4.78 is 17.1. The maximum atomic E-state index is 5.83. The third-order valence-electron chi connectivity index (χ3n) is 3.47. The van der Waals surface area contributed by atoms with Crippen molar-refractivity contribution in [2.45, 2.75) is 6.55 Å². The van der Waals surface area contributed by atoms with Crippen LogP contribution in [0.15, 0.2) is 72.8 Å². The van der Waals surface area contributed by atoms with E-state index in [2.05, 4.69) is 0 Å². The summed E-state index contributed by atoms with van der Waals surface area (Å²) >= 11 is 0. The van der Waals surface area contributed by atoms with Crippen LogP contribution in [0.25, 0.3) is 12.2 Å². The Morgan fingerprint density at radius 3 is 1.54 bits per heavy atom. The molecule has 24 heavy (non-hydrogen) atoms. The van der Waals surface area contributed by atoms with E-state index in [1.165, 1.54) is 0 Å². The van der Waals surface area contributed by atoms with E-state index in [1.54, 1.807) is 7.11 Å². The molecule has 0 saturated heterocycles. The van der Waals surface area contributed by atoms with Crippen molar-refractivity contribution in [2.75, 3.05) is 20.3 Å². The number of rotatable bonds is 9. The lowest BCUT2D eigenvalue weighted by Gasteiger charge is -2.22. The van der Waals surface area contributed by atoms with Crippen molar-refractivity contribution in [1.29, 1.82) is 0 Å². The molecule has 0 saturated carbocycles. The zero-order valence-electron chi connectivity index (χ0n) is 14.2. The molecule has 0 amide bonds. The Balaban J connectivity index is 1.76. The lowest BCUT2D eigenvalue weighted by atomic mass is 10.2. The molecule has 4 heteroatoms. The summed E-state index contributed by atoms with van der Waals surface area (Å²) in [6.07, 6.45) is 8.01. The monoisotopic (exact) mass is 340 g/mol. The summed E-state index contributed by atoms with van der Waals surface area (Å²) in [5.41, 5.74) is 2.29. The molecule has 0 aliphatic heterocycles. The van der Waals surface area contributed by atoms with Crippen molar-refractivity contribution in [2.24, 2.45) is 0 Å². The molecule has 3 nitrogen and oxygen atoms in total. The highest BCUT2D eigenvalue weighted by Crippen LogP contribution is 2.10. The average molecular weight is 340 g/mol. The fourth-order valence-corrected chi connectivity index (χ4v) is 3.17. The number of hydrogen-bond acceptors (Lipinski definition) is 3.